The van der Waals surface area contributed by atoms with Crippen molar-refractivity contribution in [1.82, 2.24) is 4.98 Å². The number of hydrogen-bond acceptors (Lipinski definition) is 4. The lowest BCUT2D eigenvalue weighted by Gasteiger charge is -2.06. The number of hydrogen-bond donors (Lipinski definition) is 1. The average molecular weight is 340 g/mol. The zero-order chi connectivity index (χ0) is 14.5. The van der Waals surface area contributed by atoms with Crippen LogP contribution in [-0.4, -0.2) is 16.5 Å². The Hall–Kier alpha value is -2.02. The summed E-state index contributed by atoms with van der Waals surface area (Å²) in [6, 6.07) is 7.62. The van der Waals surface area contributed by atoms with Crippen LogP contribution in [-0.2, 0) is 6.42 Å². The summed E-state index contributed by atoms with van der Waals surface area (Å²) in [5.41, 5.74) is 0.718. The second-order valence-corrected chi connectivity index (χ2v) is 5.00. The van der Waals surface area contributed by atoms with Gasteiger partial charge in [0.05, 0.1) is 4.92 Å². The predicted molar refractivity (Wildman–Crippen MR) is 77.2 cm³/mol. The number of anilines is 1. The quantitative estimate of drug-likeness (QED) is 0.668. The second kappa shape index (κ2) is 6.42. The fraction of sp³-hybridized carbons (Fsp3) is 0.154. The summed E-state index contributed by atoms with van der Waals surface area (Å²) < 4.78 is 13.5. The zero-order valence-corrected chi connectivity index (χ0v) is 11.9. The van der Waals surface area contributed by atoms with E-state index in [4.69, 9.17) is 0 Å². The molecule has 0 aliphatic heterocycles. The molecular weight excluding hydrogens is 329 g/mol. The number of rotatable bonds is 5. The minimum absolute atomic E-state index is 0.0985. The van der Waals surface area contributed by atoms with E-state index in [9.17, 15) is 14.5 Å². The Bertz CT molecular complexity index is 637. The average Bonchev–Trinajstić information content (AvgIpc) is 2.40. The van der Waals surface area contributed by atoms with E-state index in [1.165, 1.54) is 24.4 Å². The lowest BCUT2D eigenvalue weighted by Crippen LogP contribution is -2.08. The Balaban J connectivity index is 2.02. The highest BCUT2D eigenvalue weighted by molar-refractivity contribution is 9.10. The predicted octanol–water partition coefficient (Wildman–Crippen LogP) is 3.55. The molecule has 0 aliphatic rings. The van der Waals surface area contributed by atoms with Gasteiger partial charge >= 0.3 is 5.69 Å². The lowest BCUT2D eigenvalue weighted by atomic mass is 10.1. The van der Waals surface area contributed by atoms with Gasteiger partial charge in [-0.25, -0.2) is 9.37 Å². The Labute approximate surface area is 123 Å². The van der Waals surface area contributed by atoms with Gasteiger partial charge in [-0.05, 0) is 40.0 Å². The van der Waals surface area contributed by atoms with E-state index in [0.717, 1.165) is 5.56 Å². The van der Waals surface area contributed by atoms with Crippen LogP contribution in [0.2, 0.25) is 0 Å². The minimum atomic E-state index is -0.498. The number of nitro groups is 1. The molecule has 2 aromatic rings. The van der Waals surface area contributed by atoms with Crippen LogP contribution < -0.4 is 5.32 Å². The van der Waals surface area contributed by atoms with E-state index >= 15 is 0 Å². The lowest BCUT2D eigenvalue weighted by molar-refractivity contribution is -0.384. The van der Waals surface area contributed by atoms with Crippen LogP contribution in [0, 0.1) is 15.9 Å². The van der Waals surface area contributed by atoms with E-state index < -0.39 is 4.92 Å². The largest absolute Gasteiger partial charge is 0.364 e. The Morgan fingerprint density at radius 1 is 1.40 bits per heavy atom. The molecule has 5 nitrogen and oxygen atoms in total. The third-order valence-corrected chi connectivity index (χ3v) is 3.06. The molecule has 2 rings (SSSR count). The van der Waals surface area contributed by atoms with Crippen LogP contribution in [0.5, 0.6) is 0 Å². The van der Waals surface area contributed by atoms with Crippen LogP contribution in [0.3, 0.4) is 0 Å². The molecule has 20 heavy (non-hydrogen) atoms. The summed E-state index contributed by atoms with van der Waals surface area (Å²) in [5.74, 6) is -0.0927. The molecule has 104 valence electrons. The molecular formula is C13H11BrFN3O2. The molecule has 1 aromatic heterocycles. The number of nitrogens with zero attached hydrogens (tertiary/aromatic N) is 2. The minimum Gasteiger partial charge on any atom is -0.364 e. The van der Waals surface area contributed by atoms with Gasteiger partial charge in [0.15, 0.2) is 0 Å². The molecule has 0 atom stereocenters. The van der Waals surface area contributed by atoms with Gasteiger partial charge < -0.3 is 5.32 Å². The van der Waals surface area contributed by atoms with Crippen molar-refractivity contribution in [2.24, 2.45) is 0 Å². The van der Waals surface area contributed by atoms with Gasteiger partial charge in [0.25, 0.3) is 0 Å². The van der Waals surface area contributed by atoms with Crippen molar-refractivity contribution in [3.05, 3.63) is 62.5 Å². The van der Waals surface area contributed by atoms with E-state index in [1.807, 2.05) is 0 Å². The normalized spacial score (nSPS) is 10.3. The van der Waals surface area contributed by atoms with Crippen LogP contribution in [0.25, 0.3) is 0 Å². The molecule has 1 heterocycles. The standard InChI is InChI=1S/C13H11BrFN3O2/c14-10-7-12(18(19)20)13(17-8-10)16-5-4-9-2-1-3-11(15)6-9/h1-3,6-8H,4-5H2,(H,16,17). The van der Waals surface area contributed by atoms with Crippen molar-refractivity contribution in [3.63, 3.8) is 0 Å². The maximum Gasteiger partial charge on any atom is 0.312 e. The number of nitrogens with one attached hydrogen (secondary N) is 1. The summed E-state index contributed by atoms with van der Waals surface area (Å²) in [7, 11) is 0. The van der Waals surface area contributed by atoms with Gasteiger partial charge in [-0.1, -0.05) is 12.1 Å². The molecule has 0 unspecified atom stereocenters. The molecule has 0 aliphatic carbocycles. The fourth-order valence-electron chi connectivity index (χ4n) is 1.72. The number of pyridine rings is 1. The monoisotopic (exact) mass is 339 g/mol. The summed E-state index contributed by atoms with van der Waals surface area (Å²) in [5, 5.41) is 13.8. The van der Waals surface area contributed by atoms with E-state index in [-0.39, 0.29) is 17.3 Å². The van der Waals surface area contributed by atoms with Crippen LogP contribution in [0.15, 0.2) is 41.0 Å². The van der Waals surface area contributed by atoms with Crippen molar-refractivity contribution in [2.75, 3.05) is 11.9 Å². The van der Waals surface area contributed by atoms with Crippen LogP contribution >= 0.6 is 15.9 Å². The number of aromatic nitrogens is 1. The van der Waals surface area contributed by atoms with Gasteiger partial charge in [-0.3, -0.25) is 10.1 Å². The van der Waals surface area contributed by atoms with Crippen molar-refractivity contribution in [1.29, 1.82) is 0 Å². The highest BCUT2D eigenvalue weighted by Gasteiger charge is 2.15. The summed E-state index contributed by atoms with van der Waals surface area (Å²) in [6.45, 7) is 0.429. The van der Waals surface area contributed by atoms with Gasteiger partial charge in [-0.15, -0.1) is 0 Å². The topological polar surface area (TPSA) is 68.1 Å². The number of halogens is 2. The Morgan fingerprint density at radius 2 is 2.20 bits per heavy atom. The van der Waals surface area contributed by atoms with Gasteiger partial charge in [0.2, 0.25) is 5.82 Å². The zero-order valence-electron chi connectivity index (χ0n) is 10.3. The van der Waals surface area contributed by atoms with Crippen LogP contribution in [0.4, 0.5) is 15.9 Å². The van der Waals surface area contributed by atoms with Crippen molar-refractivity contribution < 1.29 is 9.31 Å². The van der Waals surface area contributed by atoms with Crippen molar-refractivity contribution in [2.45, 2.75) is 6.42 Å². The third kappa shape index (κ3) is 3.74. The summed E-state index contributed by atoms with van der Waals surface area (Å²) >= 11 is 3.14. The second-order valence-electron chi connectivity index (χ2n) is 4.09. The van der Waals surface area contributed by atoms with Gasteiger partial charge in [-0.2, -0.15) is 0 Å². The first kappa shape index (κ1) is 14.4. The third-order valence-electron chi connectivity index (χ3n) is 2.63. The molecule has 0 spiro atoms. The van der Waals surface area contributed by atoms with Gasteiger partial charge in [0, 0.05) is 23.3 Å². The first-order valence-electron chi connectivity index (χ1n) is 5.84. The molecule has 7 heteroatoms. The first-order chi connectivity index (χ1) is 9.56. The number of benzene rings is 1. The van der Waals surface area contributed by atoms with Gasteiger partial charge in [0.1, 0.15) is 5.82 Å². The maximum absolute atomic E-state index is 13.0. The molecule has 1 N–H and O–H groups in total. The molecule has 0 saturated heterocycles. The molecule has 0 amide bonds. The first-order valence-corrected chi connectivity index (χ1v) is 6.64. The fourth-order valence-corrected chi connectivity index (χ4v) is 2.04. The van der Waals surface area contributed by atoms with E-state index in [1.54, 1.807) is 12.1 Å². The smallest absolute Gasteiger partial charge is 0.312 e. The van der Waals surface area contributed by atoms with Crippen LogP contribution in [0.1, 0.15) is 5.56 Å². The highest BCUT2D eigenvalue weighted by Crippen LogP contribution is 2.25. The summed E-state index contributed by atoms with van der Waals surface area (Å²) in [4.78, 5) is 14.4. The molecule has 0 bridgehead atoms. The summed E-state index contributed by atoms with van der Waals surface area (Å²) in [6.07, 6.45) is 2.03. The SMILES string of the molecule is O=[N+]([O-])c1cc(Br)cnc1NCCc1cccc(F)c1. The van der Waals surface area contributed by atoms with Crippen molar-refractivity contribution in [3.8, 4) is 0 Å². The van der Waals surface area contributed by atoms with Crippen molar-refractivity contribution >= 4 is 27.4 Å². The Morgan fingerprint density at radius 3 is 2.90 bits per heavy atom. The maximum atomic E-state index is 13.0. The Kier molecular flexibility index (Phi) is 4.62. The molecule has 1 aromatic carbocycles. The molecule has 0 fully saturated rings. The highest BCUT2D eigenvalue weighted by atomic mass is 79.9. The van der Waals surface area contributed by atoms with E-state index in [0.29, 0.717) is 17.4 Å². The molecule has 0 radical (unpaired) electrons. The van der Waals surface area contributed by atoms with E-state index in [2.05, 4.69) is 26.2 Å². The molecule has 0 saturated carbocycles.